The molecule has 6 aromatic carbocycles. The summed E-state index contributed by atoms with van der Waals surface area (Å²) < 4.78 is 0. The molecule has 2 bridgehead atoms. The van der Waals surface area contributed by atoms with E-state index in [9.17, 15) is 0 Å². The van der Waals surface area contributed by atoms with Crippen molar-refractivity contribution in [3.05, 3.63) is 149 Å². The molecule has 3 unspecified atom stereocenters. The minimum absolute atomic E-state index is 0.102. The van der Waals surface area contributed by atoms with Gasteiger partial charge in [-0.25, -0.2) is 0 Å². The summed E-state index contributed by atoms with van der Waals surface area (Å²) in [4.78, 5) is 2.49. The Labute approximate surface area is 291 Å². The Balaban J connectivity index is 1.07. The number of hydrogen-bond donors (Lipinski definition) is 0. The van der Waals surface area contributed by atoms with Crippen molar-refractivity contribution in [1.82, 2.24) is 0 Å². The van der Waals surface area contributed by atoms with Crippen LogP contribution in [-0.4, -0.2) is 0 Å². The van der Waals surface area contributed by atoms with E-state index in [-0.39, 0.29) is 5.41 Å². The lowest BCUT2D eigenvalue weighted by atomic mass is 9.80. The summed E-state index contributed by atoms with van der Waals surface area (Å²) in [5.41, 5.74) is 16.5. The molecule has 0 saturated heterocycles. The molecular weight excluding hydrogens is 591 g/mol. The van der Waals surface area contributed by atoms with E-state index in [4.69, 9.17) is 0 Å². The van der Waals surface area contributed by atoms with Crippen molar-refractivity contribution in [3.63, 3.8) is 0 Å². The first-order valence-electron chi connectivity index (χ1n) is 18.8. The quantitative estimate of drug-likeness (QED) is 0.182. The third kappa shape index (κ3) is 4.65. The summed E-state index contributed by atoms with van der Waals surface area (Å²) in [5.74, 6) is 2.59. The Bertz CT molecular complexity index is 2220. The van der Waals surface area contributed by atoms with E-state index in [1.54, 1.807) is 11.1 Å². The van der Waals surface area contributed by atoms with Crippen LogP contribution in [0.15, 0.2) is 121 Å². The van der Waals surface area contributed by atoms with Crippen LogP contribution in [0, 0.1) is 11.8 Å². The van der Waals surface area contributed by atoms with Crippen LogP contribution in [0.4, 0.5) is 17.1 Å². The number of anilines is 3. The summed E-state index contributed by atoms with van der Waals surface area (Å²) in [7, 11) is 0. The van der Waals surface area contributed by atoms with E-state index in [1.165, 1.54) is 118 Å². The van der Waals surface area contributed by atoms with Gasteiger partial charge in [-0.3, -0.25) is 0 Å². The van der Waals surface area contributed by atoms with Gasteiger partial charge in [0.1, 0.15) is 0 Å². The zero-order chi connectivity index (χ0) is 32.7. The van der Waals surface area contributed by atoms with Crippen molar-refractivity contribution >= 4 is 27.8 Å². The molecule has 0 amide bonds. The summed E-state index contributed by atoms with van der Waals surface area (Å²) in [6, 6.07) is 46.7. The van der Waals surface area contributed by atoms with E-state index in [2.05, 4.69) is 140 Å². The lowest BCUT2D eigenvalue weighted by Gasteiger charge is -2.29. The molecular formula is C48H45N. The van der Waals surface area contributed by atoms with E-state index < -0.39 is 0 Å². The van der Waals surface area contributed by atoms with E-state index >= 15 is 0 Å². The minimum atomic E-state index is -0.102. The molecule has 3 atom stereocenters. The summed E-state index contributed by atoms with van der Waals surface area (Å²) in [6.07, 6.45) is 10.7. The van der Waals surface area contributed by atoms with Crippen LogP contribution in [0.5, 0.6) is 0 Å². The number of nitrogens with zero attached hydrogens (tertiary/aromatic N) is 1. The monoisotopic (exact) mass is 635 g/mol. The van der Waals surface area contributed by atoms with Crippen molar-refractivity contribution in [3.8, 4) is 22.3 Å². The Morgan fingerprint density at radius 2 is 1.37 bits per heavy atom. The Hall–Kier alpha value is -4.62. The van der Waals surface area contributed by atoms with Crippen molar-refractivity contribution in [1.29, 1.82) is 0 Å². The molecule has 242 valence electrons. The van der Waals surface area contributed by atoms with Gasteiger partial charge in [-0.2, -0.15) is 0 Å². The molecule has 0 aliphatic heterocycles. The smallest absolute Gasteiger partial charge is 0.0465 e. The Morgan fingerprint density at radius 3 is 2.16 bits per heavy atom. The summed E-state index contributed by atoms with van der Waals surface area (Å²) in [5, 5.41) is 2.69. The standard InChI is InChI=1S/C48H45N/c1-48(2)46-30-39(25-27-43(46)44-26-20-33-9-4-6-12-42(33)47(44)48)49(38-23-18-35(19-24-38)45-29-31-14-15-36(45)28-31)37-21-16-34(17-22-37)41-13-7-10-32-8-3-5-11-40(32)41/h4,6-7,9-10,12-13,16-27,30-31,36,45H,3,5,8,11,14-15,28-29H2,1-2H3. The molecule has 0 aromatic heterocycles. The van der Waals surface area contributed by atoms with E-state index in [0.717, 1.165) is 17.8 Å². The SMILES string of the molecule is CC1(C)c2cc(N(c3ccc(-c4cccc5c4CCCC5)cc3)c3ccc(C4CC5CCC4C5)cc3)ccc2-c2ccc3ccccc3c21. The number of aryl methyl sites for hydroxylation is 1. The first kappa shape index (κ1) is 29.3. The molecule has 6 aromatic rings. The molecule has 2 fully saturated rings. The highest BCUT2D eigenvalue weighted by Crippen LogP contribution is 2.54. The van der Waals surface area contributed by atoms with Crippen LogP contribution in [-0.2, 0) is 18.3 Å². The maximum Gasteiger partial charge on any atom is 0.0465 e. The van der Waals surface area contributed by atoms with Gasteiger partial charge in [0.25, 0.3) is 0 Å². The third-order valence-corrected chi connectivity index (χ3v) is 12.9. The zero-order valence-electron chi connectivity index (χ0n) is 28.9. The highest BCUT2D eigenvalue weighted by molar-refractivity contribution is 5.98. The number of benzene rings is 6. The van der Waals surface area contributed by atoms with Gasteiger partial charge >= 0.3 is 0 Å². The van der Waals surface area contributed by atoms with Crippen molar-refractivity contribution < 1.29 is 0 Å². The molecule has 4 aliphatic carbocycles. The van der Waals surface area contributed by atoms with Gasteiger partial charge in [-0.1, -0.05) is 105 Å². The van der Waals surface area contributed by atoms with Crippen LogP contribution in [0.1, 0.15) is 86.1 Å². The number of rotatable bonds is 5. The predicted octanol–water partition coefficient (Wildman–Crippen LogP) is 13.1. The maximum atomic E-state index is 2.49. The molecule has 0 spiro atoms. The molecule has 0 heterocycles. The predicted molar refractivity (Wildman–Crippen MR) is 206 cm³/mol. The van der Waals surface area contributed by atoms with Gasteiger partial charge in [0.15, 0.2) is 0 Å². The third-order valence-electron chi connectivity index (χ3n) is 12.9. The van der Waals surface area contributed by atoms with Crippen LogP contribution in [0.2, 0.25) is 0 Å². The fourth-order valence-corrected chi connectivity index (χ4v) is 10.5. The topological polar surface area (TPSA) is 3.24 Å². The first-order chi connectivity index (χ1) is 24.0. The molecule has 0 radical (unpaired) electrons. The molecule has 10 rings (SSSR count). The average molecular weight is 636 g/mol. The normalized spacial score (nSPS) is 21.4. The number of hydrogen-bond acceptors (Lipinski definition) is 1. The second kappa shape index (κ2) is 11.2. The maximum absolute atomic E-state index is 2.49. The van der Waals surface area contributed by atoms with Crippen LogP contribution in [0.3, 0.4) is 0 Å². The second-order valence-electron chi connectivity index (χ2n) is 16.0. The highest BCUT2D eigenvalue weighted by Gasteiger charge is 2.40. The summed E-state index contributed by atoms with van der Waals surface area (Å²) in [6.45, 7) is 4.83. The van der Waals surface area contributed by atoms with Gasteiger partial charge < -0.3 is 4.90 Å². The molecule has 1 nitrogen and oxygen atoms in total. The van der Waals surface area contributed by atoms with Crippen molar-refractivity contribution in [2.75, 3.05) is 4.90 Å². The Kier molecular flexibility index (Phi) is 6.70. The van der Waals surface area contributed by atoms with Gasteiger partial charge in [0.05, 0.1) is 0 Å². The molecule has 4 aliphatic rings. The molecule has 2 saturated carbocycles. The van der Waals surface area contributed by atoms with Gasteiger partial charge in [0.2, 0.25) is 0 Å². The van der Waals surface area contributed by atoms with Gasteiger partial charge in [0, 0.05) is 22.5 Å². The van der Waals surface area contributed by atoms with Crippen molar-refractivity contribution in [2.45, 2.75) is 76.5 Å². The van der Waals surface area contributed by atoms with Gasteiger partial charge in [-0.05, 0) is 160 Å². The minimum Gasteiger partial charge on any atom is -0.310 e. The number of fused-ring (bicyclic) bond motifs is 8. The summed E-state index contributed by atoms with van der Waals surface area (Å²) >= 11 is 0. The lowest BCUT2D eigenvalue weighted by molar-refractivity contribution is 0.420. The van der Waals surface area contributed by atoms with Crippen LogP contribution < -0.4 is 4.90 Å². The fourth-order valence-electron chi connectivity index (χ4n) is 10.5. The molecule has 49 heavy (non-hydrogen) atoms. The average Bonchev–Trinajstić information content (AvgIpc) is 3.85. The second-order valence-corrected chi connectivity index (χ2v) is 16.0. The largest absolute Gasteiger partial charge is 0.310 e. The molecule has 0 N–H and O–H groups in total. The van der Waals surface area contributed by atoms with E-state index in [0.29, 0.717) is 0 Å². The van der Waals surface area contributed by atoms with Crippen molar-refractivity contribution in [2.24, 2.45) is 11.8 Å². The molecule has 1 heteroatoms. The first-order valence-corrected chi connectivity index (χ1v) is 18.8. The lowest BCUT2D eigenvalue weighted by Crippen LogP contribution is -2.17. The zero-order valence-corrected chi connectivity index (χ0v) is 28.9. The van der Waals surface area contributed by atoms with Crippen LogP contribution >= 0.6 is 0 Å². The highest BCUT2D eigenvalue weighted by atomic mass is 15.1. The van der Waals surface area contributed by atoms with Gasteiger partial charge in [-0.15, -0.1) is 0 Å². The van der Waals surface area contributed by atoms with Crippen LogP contribution in [0.25, 0.3) is 33.0 Å². The fraction of sp³-hybridized carbons (Fsp3) is 0.292. The van der Waals surface area contributed by atoms with E-state index in [1.807, 2.05) is 0 Å². The Morgan fingerprint density at radius 1 is 0.612 bits per heavy atom.